The number of benzene rings is 2. The number of fused-ring (bicyclic) bond motifs is 1. The third-order valence-corrected chi connectivity index (χ3v) is 4.78. The molecule has 0 radical (unpaired) electrons. The Hall–Kier alpha value is -2.57. The molecule has 1 aliphatic rings. The zero-order valence-corrected chi connectivity index (χ0v) is 16.8. The van der Waals surface area contributed by atoms with E-state index in [4.69, 9.17) is 4.74 Å². The first-order valence-corrected chi connectivity index (χ1v) is 9.08. The second-order valence-electron chi connectivity index (χ2n) is 6.70. The van der Waals surface area contributed by atoms with Crippen molar-refractivity contribution < 1.29 is 14.3 Å². The maximum absolute atomic E-state index is 12.5. The largest absolute Gasteiger partial charge is 0.497 e. The molecule has 2 amide bonds. The van der Waals surface area contributed by atoms with Gasteiger partial charge in [-0.1, -0.05) is 36.4 Å². The summed E-state index contributed by atoms with van der Waals surface area (Å²) in [6.45, 7) is 2.75. The molecule has 0 bridgehead atoms. The maximum Gasteiger partial charge on any atom is 0.242 e. The average molecular weight is 404 g/mol. The van der Waals surface area contributed by atoms with Crippen LogP contribution in [-0.2, 0) is 29.1 Å². The molecule has 0 spiro atoms. The highest BCUT2D eigenvalue weighted by Gasteiger charge is 2.26. The van der Waals surface area contributed by atoms with Gasteiger partial charge in [0.15, 0.2) is 0 Å². The minimum absolute atomic E-state index is 0. The second-order valence-corrected chi connectivity index (χ2v) is 6.70. The third-order valence-electron chi connectivity index (χ3n) is 4.78. The fourth-order valence-corrected chi connectivity index (χ4v) is 3.10. The van der Waals surface area contributed by atoms with Crippen molar-refractivity contribution in [1.82, 2.24) is 16.0 Å². The van der Waals surface area contributed by atoms with Crippen LogP contribution in [0.25, 0.3) is 0 Å². The Bertz CT molecular complexity index is 811. The number of carbonyl (C=O) groups excluding carboxylic acids is 2. The number of nitrogens with one attached hydrogen (secondary N) is 3. The molecule has 0 fully saturated rings. The first kappa shape index (κ1) is 21.7. The van der Waals surface area contributed by atoms with Gasteiger partial charge in [0, 0.05) is 13.1 Å². The second kappa shape index (κ2) is 10.1. The highest BCUT2D eigenvalue weighted by Crippen LogP contribution is 2.16. The van der Waals surface area contributed by atoms with Gasteiger partial charge in [-0.25, -0.2) is 0 Å². The molecule has 2 aromatic carbocycles. The molecule has 1 aliphatic heterocycles. The SMILES string of the molecule is COc1ccc(CNC(=O)[C@H](C)NC(=O)[C@@H]2Cc3ccccc3CN2)cc1.Cl. The Balaban J connectivity index is 0.00000280. The summed E-state index contributed by atoms with van der Waals surface area (Å²) in [5, 5.41) is 8.88. The van der Waals surface area contributed by atoms with Crippen molar-refractivity contribution in [2.24, 2.45) is 0 Å². The van der Waals surface area contributed by atoms with E-state index in [0.29, 0.717) is 19.5 Å². The van der Waals surface area contributed by atoms with Crippen LogP contribution in [0.1, 0.15) is 23.6 Å². The van der Waals surface area contributed by atoms with E-state index in [0.717, 1.165) is 11.3 Å². The lowest BCUT2D eigenvalue weighted by Crippen LogP contribution is -2.53. The van der Waals surface area contributed by atoms with E-state index >= 15 is 0 Å². The Morgan fingerprint density at radius 2 is 1.82 bits per heavy atom. The number of hydrogen-bond acceptors (Lipinski definition) is 4. The van der Waals surface area contributed by atoms with E-state index < -0.39 is 6.04 Å². The topological polar surface area (TPSA) is 79.5 Å². The lowest BCUT2D eigenvalue weighted by Gasteiger charge is -2.26. The molecule has 28 heavy (non-hydrogen) atoms. The van der Waals surface area contributed by atoms with Crippen LogP contribution in [0.2, 0.25) is 0 Å². The minimum Gasteiger partial charge on any atom is -0.497 e. The van der Waals surface area contributed by atoms with E-state index in [1.165, 1.54) is 11.1 Å². The smallest absolute Gasteiger partial charge is 0.242 e. The monoisotopic (exact) mass is 403 g/mol. The summed E-state index contributed by atoms with van der Waals surface area (Å²) in [4.78, 5) is 24.8. The quantitative estimate of drug-likeness (QED) is 0.688. The number of methoxy groups -OCH3 is 1. The predicted octanol–water partition coefficient (Wildman–Crippen LogP) is 1.95. The third kappa shape index (κ3) is 5.47. The molecule has 6 nitrogen and oxygen atoms in total. The number of carbonyl (C=O) groups is 2. The van der Waals surface area contributed by atoms with Gasteiger partial charge < -0.3 is 20.7 Å². The van der Waals surface area contributed by atoms with Crippen LogP contribution in [0, 0.1) is 0 Å². The van der Waals surface area contributed by atoms with Crippen molar-refractivity contribution in [3.05, 3.63) is 65.2 Å². The van der Waals surface area contributed by atoms with Crippen molar-refractivity contribution >= 4 is 24.2 Å². The van der Waals surface area contributed by atoms with Gasteiger partial charge in [0.1, 0.15) is 11.8 Å². The fourth-order valence-electron chi connectivity index (χ4n) is 3.10. The van der Waals surface area contributed by atoms with Crippen LogP contribution in [-0.4, -0.2) is 31.0 Å². The van der Waals surface area contributed by atoms with Crippen molar-refractivity contribution in [1.29, 1.82) is 0 Å². The van der Waals surface area contributed by atoms with Crippen LogP contribution in [0.4, 0.5) is 0 Å². The molecule has 2 atom stereocenters. The lowest BCUT2D eigenvalue weighted by atomic mass is 9.95. The highest BCUT2D eigenvalue weighted by atomic mass is 35.5. The molecule has 7 heteroatoms. The van der Waals surface area contributed by atoms with Crippen LogP contribution in [0.3, 0.4) is 0 Å². The molecule has 2 aromatic rings. The Morgan fingerprint density at radius 3 is 2.50 bits per heavy atom. The zero-order valence-electron chi connectivity index (χ0n) is 16.0. The standard InChI is InChI=1S/C21H25N3O3.ClH/c1-14(20(25)23-12-15-7-9-18(27-2)10-8-15)24-21(26)19-11-16-5-3-4-6-17(16)13-22-19;/h3-10,14,19,22H,11-13H2,1-2H3,(H,23,25)(H,24,26);1H/t14-,19-;/m0./s1. The Labute approximate surface area is 171 Å². The van der Waals surface area contributed by atoms with E-state index in [-0.39, 0.29) is 30.3 Å². The molecular formula is C21H26ClN3O3. The van der Waals surface area contributed by atoms with Gasteiger partial charge in [-0.2, -0.15) is 0 Å². The Morgan fingerprint density at radius 1 is 1.14 bits per heavy atom. The van der Waals surface area contributed by atoms with Crippen LogP contribution >= 0.6 is 12.4 Å². The molecule has 0 aromatic heterocycles. The number of halogens is 1. The molecule has 0 saturated heterocycles. The summed E-state index contributed by atoms with van der Waals surface area (Å²) in [6.07, 6.45) is 0.627. The summed E-state index contributed by atoms with van der Waals surface area (Å²) in [6, 6.07) is 14.6. The summed E-state index contributed by atoms with van der Waals surface area (Å²) in [5.74, 6) is 0.402. The number of hydrogen-bond donors (Lipinski definition) is 3. The molecule has 3 N–H and O–H groups in total. The summed E-state index contributed by atoms with van der Waals surface area (Å²) in [7, 11) is 1.61. The van der Waals surface area contributed by atoms with Gasteiger partial charge >= 0.3 is 0 Å². The van der Waals surface area contributed by atoms with E-state index in [9.17, 15) is 9.59 Å². The molecule has 0 aliphatic carbocycles. The van der Waals surface area contributed by atoms with E-state index in [1.807, 2.05) is 42.5 Å². The van der Waals surface area contributed by atoms with Gasteiger partial charge in [0.2, 0.25) is 11.8 Å². The first-order chi connectivity index (χ1) is 13.1. The lowest BCUT2D eigenvalue weighted by molar-refractivity contribution is -0.129. The van der Waals surface area contributed by atoms with Crippen molar-refractivity contribution in [3.63, 3.8) is 0 Å². The van der Waals surface area contributed by atoms with E-state index in [1.54, 1.807) is 14.0 Å². The zero-order chi connectivity index (χ0) is 19.2. The normalized spacial score (nSPS) is 16.1. The molecule has 150 valence electrons. The minimum atomic E-state index is -0.602. The van der Waals surface area contributed by atoms with E-state index in [2.05, 4.69) is 22.0 Å². The summed E-state index contributed by atoms with van der Waals surface area (Å²) >= 11 is 0. The Kier molecular flexibility index (Phi) is 7.84. The highest BCUT2D eigenvalue weighted by molar-refractivity contribution is 5.89. The summed E-state index contributed by atoms with van der Waals surface area (Å²) in [5.41, 5.74) is 3.35. The number of amides is 2. The fraction of sp³-hybridized carbons (Fsp3) is 0.333. The van der Waals surface area contributed by atoms with Crippen LogP contribution in [0.5, 0.6) is 5.75 Å². The van der Waals surface area contributed by atoms with Gasteiger partial charge in [-0.3, -0.25) is 9.59 Å². The van der Waals surface area contributed by atoms with Gasteiger partial charge in [0.25, 0.3) is 0 Å². The predicted molar refractivity (Wildman–Crippen MR) is 110 cm³/mol. The van der Waals surface area contributed by atoms with Crippen LogP contribution < -0.4 is 20.7 Å². The average Bonchev–Trinajstić information content (AvgIpc) is 2.71. The first-order valence-electron chi connectivity index (χ1n) is 9.08. The molecule has 3 rings (SSSR count). The maximum atomic E-state index is 12.5. The van der Waals surface area contributed by atoms with Crippen molar-refractivity contribution in [3.8, 4) is 5.75 Å². The van der Waals surface area contributed by atoms with Crippen molar-refractivity contribution in [2.45, 2.75) is 38.5 Å². The molecule has 0 saturated carbocycles. The number of rotatable bonds is 6. The number of ether oxygens (including phenoxy) is 1. The molecular weight excluding hydrogens is 378 g/mol. The van der Waals surface area contributed by atoms with Gasteiger partial charge in [0.05, 0.1) is 13.2 Å². The van der Waals surface area contributed by atoms with Crippen molar-refractivity contribution in [2.75, 3.05) is 7.11 Å². The van der Waals surface area contributed by atoms with Gasteiger partial charge in [-0.15, -0.1) is 12.4 Å². The molecule has 0 unspecified atom stereocenters. The molecule has 1 heterocycles. The summed E-state index contributed by atoms with van der Waals surface area (Å²) < 4.78 is 5.12. The van der Waals surface area contributed by atoms with Gasteiger partial charge in [-0.05, 0) is 42.2 Å². The van der Waals surface area contributed by atoms with Crippen LogP contribution in [0.15, 0.2) is 48.5 Å².